The highest BCUT2D eigenvalue weighted by Gasteiger charge is 1.97. The normalized spacial score (nSPS) is 14.5. The Morgan fingerprint density at radius 2 is 1.31 bits per heavy atom. The lowest BCUT2D eigenvalue weighted by Gasteiger charge is -1.90. The van der Waals surface area contributed by atoms with Gasteiger partial charge in [-0.25, -0.2) is 0 Å². The van der Waals surface area contributed by atoms with Gasteiger partial charge in [-0.3, -0.25) is 9.59 Å². The third-order valence-corrected chi connectivity index (χ3v) is 1.19. The van der Waals surface area contributed by atoms with Crippen molar-refractivity contribution < 1.29 is 14.7 Å². The van der Waals surface area contributed by atoms with Gasteiger partial charge in [0.15, 0.2) is 11.6 Å². The summed E-state index contributed by atoms with van der Waals surface area (Å²) in [5, 5.41) is 8.14. The first kappa shape index (κ1) is 11.8. The third-order valence-electron chi connectivity index (χ3n) is 1.19. The molecule has 0 aliphatic heterocycles. The number of carbonyl (C=O) groups is 2. The van der Waals surface area contributed by atoms with E-state index in [0.717, 1.165) is 0 Å². The highest BCUT2D eigenvalue weighted by Crippen LogP contribution is 1.90. The number of aliphatic hydroxyl groups is 1. The van der Waals surface area contributed by atoms with Gasteiger partial charge in [-0.2, -0.15) is 0 Å². The van der Waals surface area contributed by atoms with Gasteiger partial charge in [0.2, 0.25) is 0 Å². The van der Waals surface area contributed by atoms with Crippen LogP contribution in [0.25, 0.3) is 0 Å². The fourth-order valence-corrected chi connectivity index (χ4v) is 0.440. The van der Waals surface area contributed by atoms with Crippen LogP contribution in [-0.4, -0.2) is 23.3 Å². The van der Waals surface area contributed by atoms with Crippen LogP contribution in [0.3, 0.4) is 0 Å². The first-order chi connectivity index (χ1) is 6.06. The Morgan fingerprint density at radius 1 is 1.08 bits per heavy atom. The minimum Gasteiger partial charge on any atom is -0.396 e. The second-order valence-corrected chi connectivity index (χ2v) is 3.05. The zero-order chi connectivity index (χ0) is 10.3. The van der Waals surface area contributed by atoms with E-state index in [9.17, 15) is 9.59 Å². The number of carbonyl (C=O) groups excluding carboxylic acids is 2. The summed E-state index contributed by atoms with van der Waals surface area (Å²) < 4.78 is 0. The van der Waals surface area contributed by atoms with Gasteiger partial charge in [0.05, 0.1) is 0 Å². The SMILES string of the molecule is CC(C)CO.O=C1C=CC(=O)C=C1. The van der Waals surface area contributed by atoms with Crippen LogP contribution in [0.15, 0.2) is 24.3 Å². The maximum absolute atomic E-state index is 10.3. The van der Waals surface area contributed by atoms with Gasteiger partial charge in [0, 0.05) is 6.61 Å². The van der Waals surface area contributed by atoms with Gasteiger partial charge in [-0.05, 0) is 30.2 Å². The fraction of sp³-hybridized carbons (Fsp3) is 0.400. The second kappa shape index (κ2) is 6.31. The molecule has 72 valence electrons. The molecule has 0 radical (unpaired) electrons. The molecule has 0 heterocycles. The first-order valence-corrected chi connectivity index (χ1v) is 4.11. The van der Waals surface area contributed by atoms with Crippen molar-refractivity contribution in [1.29, 1.82) is 0 Å². The van der Waals surface area contributed by atoms with Gasteiger partial charge in [-0.15, -0.1) is 0 Å². The van der Waals surface area contributed by atoms with Crippen LogP contribution in [-0.2, 0) is 9.59 Å². The highest BCUT2D eigenvalue weighted by atomic mass is 16.3. The number of aliphatic hydroxyl groups excluding tert-OH is 1. The van der Waals surface area contributed by atoms with Crippen LogP contribution >= 0.6 is 0 Å². The van der Waals surface area contributed by atoms with Gasteiger partial charge in [0.1, 0.15) is 0 Å². The summed E-state index contributed by atoms with van der Waals surface area (Å²) in [6, 6.07) is 0. The average molecular weight is 182 g/mol. The standard InChI is InChI=1S/C6H4O2.C4H10O/c7-5-1-2-6(8)4-3-5;1-4(2)3-5/h1-4H;4-5H,3H2,1-2H3. The van der Waals surface area contributed by atoms with Crippen molar-refractivity contribution in [2.75, 3.05) is 6.61 Å². The molecule has 1 aliphatic rings. The van der Waals surface area contributed by atoms with Crippen molar-refractivity contribution in [1.82, 2.24) is 0 Å². The maximum atomic E-state index is 10.3. The summed E-state index contributed by atoms with van der Waals surface area (Å²) in [4.78, 5) is 20.6. The predicted molar refractivity (Wildman–Crippen MR) is 50.2 cm³/mol. The summed E-state index contributed by atoms with van der Waals surface area (Å²) in [7, 11) is 0. The summed E-state index contributed by atoms with van der Waals surface area (Å²) in [5.41, 5.74) is 0. The zero-order valence-electron chi connectivity index (χ0n) is 7.86. The highest BCUT2D eigenvalue weighted by molar-refractivity contribution is 6.14. The van der Waals surface area contributed by atoms with Crippen LogP contribution in [0, 0.1) is 5.92 Å². The summed E-state index contributed by atoms with van der Waals surface area (Å²) in [6.07, 6.45) is 5.01. The molecule has 0 bridgehead atoms. The lowest BCUT2D eigenvalue weighted by Crippen LogP contribution is -1.97. The topological polar surface area (TPSA) is 54.4 Å². The number of hydrogen-bond donors (Lipinski definition) is 1. The van der Waals surface area contributed by atoms with E-state index >= 15 is 0 Å². The molecule has 0 spiro atoms. The van der Waals surface area contributed by atoms with Crippen molar-refractivity contribution in [2.45, 2.75) is 13.8 Å². The molecule has 0 atom stereocenters. The fourth-order valence-electron chi connectivity index (χ4n) is 0.440. The smallest absolute Gasteiger partial charge is 0.178 e. The minimum atomic E-state index is -0.121. The van der Waals surface area contributed by atoms with Gasteiger partial charge >= 0.3 is 0 Å². The molecule has 3 nitrogen and oxygen atoms in total. The molecule has 0 fully saturated rings. The molecule has 1 aliphatic carbocycles. The Morgan fingerprint density at radius 3 is 1.46 bits per heavy atom. The molecular formula is C10H14O3. The van der Waals surface area contributed by atoms with Crippen LogP contribution < -0.4 is 0 Å². The Bertz CT molecular complexity index is 199. The molecule has 0 saturated heterocycles. The van der Waals surface area contributed by atoms with E-state index in [4.69, 9.17) is 5.11 Å². The quantitative estimate of drug-likeness (QED) is 0.612. The molecule has 0 saturated carbocycles. The average Bonchev–Trinajstić information content (AvgIpc) is 2.11. The summed E-state index contributed by atoms with van der Waals surface area (Å²) >= 11 is 0. The van der Waals surface area contributed by atoms with Crippen molar-refractivity contribution in [2.24, 2.45) is 5.92 Å². The lowest BCUT2D eigenvalue weighted by molar-refractivity contribution is -0.113. The van der Waals surface area contributed by atoms with Crippen LogP contribution in [0.5, 0.6) is 0 Å². The molecule has 0 amide bonds. The van der Waals surface area contributed by atoms with E-state index in [1.165, 1.54) is 24.3 Å². The van der Waals surface area contributed by atoms with Crippen LogP contribution in [0.4, 0.5) is 0 Å². The largest absolute Gasteiger partial charge is 0.396 e. The molecule has 13 heavy (non-hydrogen) atoms. The Hall–Kier alpha value is -1.22. The Labute approximate surface area is 77.8 Å². The van der Waals surface area contributed by atoms with Crippen molar-refractivity contribution in [3.63, 3.8) is 0 Å². The van der Waals surface area contributed by atoms with E-state index in [1.54, 1.807) is 0 Å². The van der Waals surface area contributed by atoms with Crippen LogP contribution in [0.1, 0.15) is 13.8 Å². The first-order valence-electron chi connectivity index (χ1n) is 4.11. The predicted octanol–water partition coefficient (Wildman–Crippen LogP) is 0.885. The molecule has 0 aromatic rings. The van der Waals surface area contributed by atoms with E-state index in [-0.39, 0.29) is 11.6 Å². The number of allylic oxidation sites excluding steroid dienone is 4. The van der Waals surface area contributed by atoms with E-state index in [0.29, 0.717) is 12.5 Å². The van der Waals surface area contributed by atoms with E-state index in [1.807, 2.05) is 13.8 Å². The van der Waals surface area contributed by atoms with Crippen LogP contribution in [0.2, 0.25) is 0 Å². The molecule has 0 unspecified atom stereocenters. The maximum Gasteiger partial charge on any atom is 0.178 e. The third kappa shape index (κ3) is 7.15. The van der Waals surface area contributed by atoms with Crippen molar-refractivity contribution in [3.8, 4) is 0 Å². The summed E-state index contributed by atoms with van der Waals surface area (Å²) in [5.74, 6) is 0.198. The van der Waals surface area contributed by atoms with E-state index < -0.39 is 0 Å². The second-order valence-electron chi connectivity index (χ2n) is 3.05. The van der Waals surface area contributed by atoms with Gasteiger partial charge in [-0.1, -0.05) is 13.8 Å². The molecule has 1 N–H and O–H groups in total. The Balaban J connectivity index is 0.000000252. The Kier molecular flexibility index (Phi) is 5.72. The number of hydrogen-bond acceptors (Lipinski definition) is 3. The lowest BCUT2D eigenvalue weighted by atomic mass is 10.2. The molecular weight excluding hydrogens is 168 g/mol. The van der Waals surface area contributed by atoms with Crippen molar-refractivity contribution in [3.05, 3.63) is 24.3 Å². The van der Waals surface area contributed by atoms with Crippen molar-refractivity contribution >= 4 is 11.6 Å². The summed E-state index contributed by atoms with van der Waals surface area (Å²) in [6.45, 7) is 4.25. The minimum absolute atomic E-state index is 0.121. The monoisotopic (exact) mass is 182 g/mol. The molecule has 1 rings (SSSR count). The molecule has 0 aromatic carbocycles. The zero-order valence-corrected chi connectivity index (χ0v) is 7.86. The van der Waals surface area contributed by atoms with Gasteiger partial charge in [0.25, 0.3) is 0 Å². The number of ketones is 2. The number of rotatable bonds is 1. The van der Waals surface area contributed by atoms with E-state index in [2.05, 4.69) is 0 Å². The molecule has 0 aromatic heterocycles. The van der Waals surface area contributed by atoms with Gasteiger partial charge < -0.3 is 5.11 Å². The molecule has 3 heteroatoms.